The SMILES string of the molecule is CC1(C)CCCN(c2ccc(S(N)(=O)=O)cc2[N+](=O)[O-])C1. The number of benzene rings is 1. The smallest absolute Gasteiger partial charge is 0.293 e. The predicted octanol–water partition coefficient (Wildman–Crippen LogP) is 1.87. The first kappa shape index (κ1) is 15.7. The molecule has 1 aliphatic rings. The van der Waals surface area contributed by atoms with Crippen LogP contribution in [0.25, 0.3) is 0 Å². The van der Waals surface area contributed by atoms with Crippen molar-refractivity contribution in [3.8, 4) is 0 Å². The van der Waals surface area contributed by atoms with E-state index in [9.17, 15) is 18.5 Å². The van der Waals surface area contributed by atoms with Crippen LogP contribution in [0.2, 0.25) is 0 Å². The summed E-state index contributed by atoms with van der Waals surface area (Å²) in [6.07, 6.45) is 2.01. The summed E-state index contributed by atoms with van der Waals surface area (Å²) in [5, 5.41) is 16.3. The second-order valence-corrected chi connectivity index (χ2v) is 7.70. The molecule has 1 aliphatic heterocycles. The Morgan fingerprint density at radius 1 is 1.38 bits per heavy atom. The fourth-order valence-electron chi connectivity index (χ4n) is 2.72. The van der Waals surface area contributed by atoms with E-state index in [0.29, 0.717) is 12.2 Å². The summed E-state index contributed by atoms with van der Waals surface area (Å²) >= 11 is 0. The number of anilines is 1. The van der Waals surface area contributed by atoms with Gasteiger partial charge in [0.25, 0.3) is 5.69 Å². The number of sulfonamides is 1. The third-order valence-electron chi connectivity index (χ3n) is 3.71. The molecule has 116 valence electrons. The molecule has 0 unspecified atom stereocenters. The first-order chi connectivity index (χ1) is 9.60. The molecule has 1 saturated heterocycles. The zero-order chi connectivity index (χ0) is 15.8. The van der Waals surface area contributed by atoms with Gasteiger partial charge in [-0.05, 0) is 30.4 Å². The van der Waals surface area contributed by atoms with Gasteiger partial charge >= 0.3 is 0 Å². The minimum atomic E-state index is -3.95. The summed E-state index contributed by atoms with van der Waals surface area (Å²) in [5.74, 6) is 0. The molecule has 0 amide bonds. The van der Waals surface area contributed by atoms with Crippen molar-refractivity contribution in [3.63, 3.8) is 0 Å². The van der Waals surface area contributed by atoms with Crippen molar-refractivity contribution in [1.82, 2.24) is 0 Å². The van der Waals surface area contributed by atoms with Gasteiger partial charge in [-0.2, -0.15) is 0 Å². The summed E-state index contributed by atoms with van der Waals surface area (Å²) in [6, 6.07) is 3.82. The lowest BCUT2D eigenvalue weighted by atomic mass is 9.84. The van der Waals surface area contributed by atoms with Crippen LogP contribution in [-0.2, 0) is 10.0 Å². The quantitative estimate of drug-likeness (QED) is 0.677. The van der Waals surface area contributed by atoms with Crippen molar-refractivity contribution in [2.75, 3.05) is 18.0 Å². The number of nitro groups is 1. The second kappa shape index (κ2) is 5.27. The lowest BCUT2D eigenvalue weighted by Gasteiger charge is -2.39. The van der Waals surface area contributed by atoms with Crippen molar-refractivity contribution < 1.29 is 13.3 Å². The Balaban J connectivity index is 2.46. The van der Waals surface area contributed by atoms with E-state index in [4.69, 9.17) is 5.14 Å². The van der Waals surface area contributed by atoms with Crippen LogP contribution in [0.5, 0.6) is 0 Å². The molecule has 0 aromatic heterocycles. The summed E-state index contributed by atoms with van der Waals surface area (Å²) in [6.45, 7) is 5.65. The third kappa shape index (κ3) is 3.51. The number of hydrogen-bond acceptors (Lipinski definition) is 5. The molecule has 1 aromatic rings. The van der Waals surface area contributed by atoms with Crippen molar-refractivity contribution >= 4 is 21.4 Å². The highest BCUT2D eigenvalue weighted by Crippen LogP contribution is 2.36. The van der Waals surface area contributed by atoms with Gasteiger partial charge in [0.05, 0.1) is 9.82 Å². The van der Waals surface area contributed by atoms with Crippen molar-refractivity contribution in [2.24, 2.45) is 10.6 Å². The number of rotatable bonds is 3. The Morgan fingerprint density at radius 3 is 2.57 bits per heavy atom. The second-order valence-electron chi connectivity index (χ2n) is 6.14. The molecule has 1 fully saturated rings. The standard InChI is InChI=1S/C13H19N3O4S/c1-13(2)6-3-7-15(9-13)11-5-4-10(21(14,19)20)8-12(11)16(17)18/h4-5,8H,3,6-7,9H2,1-2H3,(H2,14,19,20). The molecule has 0 spiro atoms. The number of primary sulfonamides is 1. The molecular formula is C13H19N3O4S. The van der Waals surface area contributed by atoms with Crippen LogP contribution >= 0.6 is 0 Å². The van der Waals surface area contributed by atoms with E-state index in [-0.39, 0.29) is 16.0 Å². The van der Waals surface area contributed by atoms with E-state index >= 15 is 0 Å². The Bertz CT molecular complexity index is 670. The highest BCUT2D eigenvalue weighted by Gasteiger charge is 2.30. The van der Waals surface area contributed by atoms with Crippen LogP contribution < -0.4 is 10.0 Å². The molecule has 21 heavy (non-hydrogen) atoms. The van der Waals surface area contributed by atoms with Crippen molar-refractivity contribution in [2.45, 2.75) is 31.6 Å². The largest absolute Gasteiger partial charge is 0.365 e. The molecule has 0 radical (unpaired) electrons. The average Bonchev–Trinajstić information content (AvgIpc) is 2.35. The van der Waals surface area contributed by atoms with Crippen molar-refractivity contribution in [1.29, 1.82) is 0 Å². The van der Waals surface area contributed by atoms with Crippen LogP contribution in [0.3, 0.4) is 0 Å². The number of hydrogen-bond donors (Lipinski definition) is 1. The first-order valence-corrected chi connectivity index (χ1v) is 8.21. The van der Waals surface area contributed by atoms with Crippen LogP contribution in [-0.4, -0.2) is 26.4 Å². The summed E-state index contributed by atoms with van der Waals surface area (Å²) in [7, 11) is -3.95. The monoisotopic (exact) mass is 313 g/mol. The third-order valence-corrected chi connectivity index (χ3v) is 4.62. The molecular weight excluding hydrogens is 294 g/mol. The maximum atomic E-state index is 11.3. The number of piperidine rings is 1. The van der Waals surface area contributed by atoms with E-state index < -0.39 is 14.9 Å². The van der Waals surface area contributed by atoms with Crippen molar-refractivity contribution in [3.05, 3.63) is 28.3 Å². The van der Waals surface area contributed by atoms with Gasteiger partial charge in [0, 0.05) is 19.2 Å². The molecule has 2 rings (SSSR count). The fraction of sp³-hybridized carbons (Fsp3) is 0.538. The molecule has 0 atom stereocenters. The summed E-state index contributed by atoms with van der Waals surface area (Å²) in [5.41, 5.74) is 0.296. The fourth-order valence-corrected chi connectivity index (χ4v) is 3.26. The molecule has 1 heterocycles. The lowest BCUT2D eigenvalue weighted by molar-refractivity contribution is -0.384. The van der Waals surface area contributed by atoms with E-state index in [2.05, 4.69) is 13.8 Å². The summed E-state index contributed by atoms with van der Waals surface area (Å²) < 4.78 is 22.7. The highest BCUT2D eigenvalue weighted by molar-refractivity contribution is 7.89. The highest BCUT2D eigenvalue weighted by atomic mass is 32.2. The van der Waals surface area contributed by atoms with Crippen LogP contribution in [0.1, 0.15) is 26.7 Å². The van der Waals surface area contributed by atoms with Gasteiger partial charge < -0.3 is 4.90 Å². The first-order valence-electron chi connectivity index (χ1n) is 6.66. The zero-order valence-corrected chi connectivity index (χ0v) is 12.9. The van der Waals surface area contributed by atoms with Crippen LogP contribution in [0, 0.1) is 15.5 Å². The van der Waals surface area contributed by atoms with E-state index in [0.717, 1.165) is 25.5 Å². The van der Waals surface area contributed by atoms with Gasteiger partial charge in [-0.25, -0.2) is 13.6 Å². The Labute approximate surface area is 123 Å². The van der Waals surface area contributed by atoms with Gasteiger partial charge in [0.1, 0.15) is 5.69 Å². The van der Waals surface area contributed by atoms with Gasteiger partial charge in [-0.15, -0.1) is 0 Å². The Hall–Kier alpha value is -1.67. The average molecular weight is 313 g/mol. The molecule has 0 bridgehead atoms. The number of nitro benzene ring substituents is 1. The van der Waals surface area contributed by atoms with E-state index in [1.807, 2.05) is 4.90 Å². The topological polar surface area (TPSA) is 107 Å². The molecule has 1 aromatic carbocycles. The van der Waals surface area contributed by atoms with Crippen LogP contribution in [0.15, 0.2) is 23.1 Å². The Morgan fingerprint density at radius 2 is 2.05 bits per heavy atom. The van der Waals surface area contributed by atoms with Crippen LogP contribution in [0.4, 0.5) is 11.4 Å². The summed E-state index contributed by atoms with van der Waals surface area (Å²) in [4.78, 5) is 12.4. The molecule has 8 heteroatoms. The minimum absolute atomic E-state index is 0.0741. The maximum absolute atomic E-state index is 11.3. The molecule has 0 saturated carbocycles. The molecule has 7 nitrogen and oxygen atoms in total. The molecule has 2 N–H and O–H groups in total. The zero-order valence-electron chi connectivity index (χ0n) is 12.1. The number of nitrogens with zero attached hydrogens (tertiary/aromatic N) is 2. The number of nitrogens with two attached hydrogens (primary N) is 1. The Kier molecular flexibility index (Phi) is 3.94. The van der Waals surface area contributed by atoms with E-state index in [1.54, 1.807) is 0 Å². The van der Waals surface area contributed by atoms with Gasteiger partial charge in [-0.1, -0.05) is 13.8 Å². The normalized spacial score (nSPS) is 18.5. The maximum Gasteiger partial charge on any atom is 0.293 e. The van der Waals surface area contributed by atoms with Gasteiger partial charge in [-0.3, -0.25) is 10.1 Å². The van der Waals surface area contributed by atoms with Gasteiger partial charge in [0.15, 0.2) is 0 Å². The van der Waals surface area contributed by atoms with Gasteiger partial charge in [0.2, 0.25) is 10.0 Å². The lowest BCUT2D eigenvalue weighted by Crippen LogP contribution is -2.40. The minimum Gasteiger partial charge on any atom is -0.365 e. The van der Waals surface area contributed by atoms with E-state index in [1.165, 1.54) is 12.1 Å². The predicted molar refractivity (Wildman–Crippen MR) is 79.7 cm³/mol. The molecule has 0 aliphatic carbocycles.